The first-order valence-electron chi connectivity index (χ1n) is 5.43. The number of hydrogen-bond donors (Lipinski definition) is 2. The Morgan fingerprint density at radius 2 is 2.41 bits per heavy atom. The van der Waals surface area contributed by atoms with E-state index in [9.17, 15) is 9.59 Å². The first-order chi connectivity index (χ1) is 8.16. The Bertz CT molecular complexity index is 402. The number of rotatable bonds is 3. The van der Waals surface area contributed by atoms with Gasteiger partial charge in [-0.3, -0.25) is 9.59 Å². The number of ether oxygens (including phenoxy) is 1. The Labute approximate surface area is 98.2 Å². The quantitative estimate of drug-likeness (QED) is 0.795. The van der Waals surface area contributed by atoms with Gasteiger partial charge in [-0.05, 0) is 12.1 Å². The van der Waals surface area contributed by atoms with Crippen molar-refractivity contribution in [2.75, 3.05) is 19.7 Å². The highest BCUT2D eigenvalue weighted by Crippen LogP contribution is 2.11. The Kier molecular flexibility index (Phi) is 3.43. The van der Waals surface area contributed by atoms with E-state index in [-0.39, 0.29) is 12.3 Å². The molecule has 1 unspecified atom stereocenters. The maximum Gasteiger partial charge on any atom is 0.306 e. The van der Waals surface area contributed by atoms with E-state index in [2.05, 4.69) is 4.98 Å². The van der Waals surface area contributed by atoms with Crippen molar-refractivity contribution < 1.29 is 19.4 Å². The monoisotopic (exact) mass is 238 g/mol. The first-order valence-corrected chi connectivity index (χ1v) is 5.43. The van der Waals surface area contributed by atoms with Crippen molar-refractivity contribution in [1.82, 2.24) is 9.88 Å². The molecular weight excluding hydrogens is 224 g/mol. The van der Waals surface area contributed by atoms with Crippen LogP contribution in [-0.4, -0.2) is 52.7 Å². The van der Waals surface area contributed by atoms with Crippen molar-refractivity contribution >= 4 is 11.9 Å². The van der Waals surface area contributed by atoms with Gasteiger partial charge in [0.2, 0.25) is 0 Å². The van der Waals surface area contributed by atoms with Crippen LogP contribution in [0.5, 0.6) is 0 Å². The molecule has 0 saturated carbocycles. The maximum absolute atomic E-state index is 12.0. The summed E-state index contributed by atoms with van der Waals surface area (Å²) >= 11 is 0. The number of carbonyl (C=O) groups excluding carboxylic acids is 1. The van der Waals surface area contributed by atoms with E-state index in [1.165, 1.54) is 0 Å². The van der Waals surface area contributed by atoms with Crippen molar-refractivity contribution in [2.45, 2.75) is 12.5 Å². The lowest BCUT2D eigenvalue weighted by molar-refractivity contribution is -0.141. The van der Waals surface area contributed by atoms with Gasteiger partial charge in [-0.1, -0.05) is 0 Å². The predicted molar refractivity (Wildman–Crippen MR) is 58.7 cm³/mol. The van der Waals surface area contributed by atoms with Crippen molar-refractivity contribution in [1.29, 1.82) is 0 Å². The zero-order valence-corrected chi connectivity index (χ0v) is 9.26. The lowest BCUT2D eigenvalue weighted by atomic mass is 10.2. The highest BCUT2D eigenvalue weighted by atomic mass is 16.5. The average molecular weight is 238 g/mol. The number of hydrogen-bond acceptors (Lipinski definition) is 3. The molecule has 1 aliphatic heterocycles. The molecule has 2 heterocycles. The number of aliphatic carboxylic acids is 1. The maximum atomic E-state index is 12.0. The van der Waals surface area contributed by atoms with Gasteiger partial charge in [0.15, 0.2) is 0 Å². The largest absolute Gasteiger partial charge is 0.481 e. The van der Waals surface area contributed by atoms with Crippen LogP contribution < -0.4 is 0 Å². The number of nitrogens with one attached hydrogen (secondary N) is 1. The van der Waals surface area contributed by atoms with E-state index >= 15 is 0 Å². The van der Waals surface area contributed by atoms with Gasteiger partial charge < -0.3 is 19.7 Å². The summed E-state index contributed by atoms with van der Waals surface area (Å²) in [4.78, 5) is 27.0. The van der Waals surface area contributed by atoms with Crippen LogP contribution in [0.15, 0.2) is 18.3 Å². The second kappa shape index (κ2) is 5.01. The molecule has 2 N–H and O–H groups in total. The standard InChI is InChI=1S/C11H14N2O4/c14-10(15)6-8-7-13(4-5-17-8)11(16)9-2-1-3-12-9/h1-3,8,12H,4-7H2,(H,14,15). The molecule has 17 heavy (non-hydrogen) atoms. The third kappa shape index (κ3) is 2.85. The fourth-order valence-corrected chi connectivity index (χ4v) is 1.86. The van der Waals surface area contributed by atoms with Gasteiger partial charge in [-0.2, -0.15) is 0 Å². The molecule has 2 rings (SSSR count). The van der Waals surface area contributed by atoms with Crippen LogP contribution in [0.2, 0.25) is 0 Å². The second-order valence-corrected chi connectivity index (χ2v) is 3.93. The molecule has 92 valence electrons. The van der Waals surface area contributed by atoms with E-state index in [0.717, 1.165) is 0 Å². The van der Waals surface area contributed by atoms with E-state index in [1.807, 2.05) is 0 Å². The van der Waals surface area contributed by atoms with E-state index in [1.54, 1.807) is 23.2 Å². The zero-order chi connectivity index (χ0) is 12.3. The number of carboxylic acid groups (broad SMARTS) is 1. The van der Waals surface area contributed by atoms with Crippen LogP contribution in [0.25, 0.3) is 0 Å². The number of carbonyl (C=O) groups is 2. The summed E-state index contributed by atoms with van der Waals surface area (Å²) in [6.45, 7) is 1.20. The lowest BCUT2D eigenvalue weighted by Crippen LogP contribution is -2.46. The average Bonchev–Trinajstić information content (AvgIpc) is 2.81. The van der Waals surface area contributed by atoms with Crippen molar-refractivity contribution in [3.63, 3.8) is 0 Å². The molecule has 1 saturated heterocycles. The predicted octanol–water partition coefficient (Wildman–Crippen LogP) is 0.330. The van der Waals surface area contributed by atoms with Gasteiger partial charge in [0, 0.05) is 19.3 Å². The van der Waals surface area contributed by atoms with Gasteiger partial charge >= 0.3 is 5.97 Å². The molecule has 6 heteroatoms. The number of aromatic nitrogens is 1. The minimum atomic E-state index is -0.913. The molecule has 1 aliphatic rings. The Balaban J connectivity index is 1.97. The SMILES string of the molecule is O=C(O)CC1CN(C(=O)c2ccc[nH]2)CCO1. The van der Waals surface area contributed by atoms with Crippen LogP contribution in [0.1, 0.15) is 16.9 Å². The summed E-state index contributed by atoms with van der Waals surface area (Å²) in [7, 11) is 0. The molecule has 0 bridgehead atoms. The zero-order valence-electron chi connectivity index (χ0n) is 9.26. The van der Waals surface area contributed by atoms with Crippen molar-refractivity contribution in [3.8, 4) is 0 Å². The number of amides is 1. The molecule has 6 nitrogen and oxygen atoms in total. The lowest BCUT2D eigenvalue weighted by Gasteiger charge is -2.32. The van der Waals surface area contributed by atoms with Crippen LogP contribution in [0.4, 0.5) is 0 Å². The van der Waals surface area contributed by atoms with Gasteiger partial charge in [0.1, 0.15) is 5.69 Å². The first kappa shape index (κ1) is 11.7. The summed E-state index contributed by atoms with van der Waals surface area (Å²) in [5.74, 6) is -1.03. The van der Waals surface area contributed by atoms with Gasteiger partial charge in [-0.25, -0.2) is 0 Å². The number of morpholine rings is 1. The third-order valence-corrected chi connectivity index (χ3v) is 2.66. The number of nitrogens with zero attached hydrogens (tertiary/aromatic N) is 1. The topological polar surface area (TPSA) is 82.6 Å². The van der Waals surface area contributed by atoms with E-state index in [0.29, 0.717) is 25.4 Å². The minimum Gasteiger partial charge on any atom is -0.481 e. The molecule has 1 aromatic rings. The summed E-state index contributed by atoms with van der Waals surface area (Å²) in [6, 6.07) is 3.45. The van der Waals surface area contributed by atoms with Gasteiger partial charge in [0.05, 0.1) is 19.1 Å². The van der Waals surface area contributed by atoms with Gasteiger partial charge in [0.25, 0.3) is 5.91 Å². The number of carboxylic acids is 1. The minimum absolute atomic E-state index is 0.0749. The molecule has 1 atom stereocenters. The molecule has 0 aromatic carbocycles. The molecule has 1 amide bonds. The Morgan fingerprint density at radius 1 is 1.59 bits per heavy atom. The highest BCUT2D eigenvalue weighted by Gasteiger charge is 2.26. The smallest absolute Gasteiger partial charge is 0.306 e. The molecule has 1 fully saturated rings. The molecule has 0 radical (unpaired) electrons. The number of H-pyrrole nitrogens is 1. The van der Waals surface area contributed by atoms with Crippen LogP contribution in [0.3, 0.4) is 0 Å². The molecular formula is C11H14N2O4. The summed E-state index contributed by atoms with van der Waals surface area (Å²) < 4.78 is 5.30. The molecule has 0 spiro atoms. The number of aromatic amines is 1. The fourth-order valence-electron chi connectivity index (χ4n) is 1.86. The van der Waals surface area contributed by atoms with E-state index < -0.39 is 12.1 Å². The Morgan fingerprint density at radius 3 is 3.06 bits per heavy atom. The summed E-state index contributed by atoms with van der Waals surface area (Å²) in [5, 5.41) is 8.68. The Hall–Kier alpha value is -1.82. The molecule has 1 aromatic heterocycles. The van der Waals surface area contributed by atoms with Crippen molar-refractivity contribution in [3.05, 3.63) is 24.0 Å². The van der Waals surface area contributed by atoms with Crippen LogP contribution in [0, 0.1) is 0 Å². The molecule has 0 aliphatic carbocycles. The summed E-state index contributed by atoms with van der Waals surface area (Å²) in [5.41, 5.74) is 0.515. The normalized spacial score (nSPS) is 20.2. The van der Waals surface area contributed by atoms with Crippen molar-refractivity contribution in [2.24, 2.45) is 0 Å². The van der Waals surface area contributed by atoms with Crippen LogP contribution >= 0.6 is 0 Å². The van der Waals surface area contributed by atoms with Gasteiger partial charge in [-0.15, -0.1) is 0 Å². The fraction of sp³-hybridized carbons (Fsp3) is 0.455. The second-order valence-electron chi connectivity index (χ2n) is 3.93. The third-order valence-electron chi connectivity index (χ3n) is 2.66. The van der Waals surface area contributed by atoms with Crippen LogP contribution in [-0.2, 0) is 9.53 Å². The summed E-state index contributed by atoms with van der Waals surface area (Å²) in [6.07, 6.45) is 1.19. The highest BCUT2D eigenvalue weighted by molar-refractivity contribution is 5.92. The van der Waals surface area contributed by atoms with E-state index in [4.69, 9.17) is 9.84 Å².